The molecule has 1 unspecified atom stereocenters. The van der Waals surface area contributed by atoms with Crippen molar-refractivity contribution in [2.24, 2.45) is 0 Å². The lowest BCUT2D eigenvalue weighted by atomic mass is 9.98. The van der Waals surface area contributed by atoms with Crippen molar-refractivity contribution in [2.45, 2.75) is 68.3 Å². The van der Waals surface area contributed by atoms with E-state index >= 15 is 0 Å². The summed E-state index contributed by atoms with van der Waals surface area (Å²) < 4.78 is 15.5. The van der Waals surface area contributed by atoms with Gasteiger partial charge in [0.1, 0.15) is 42.7 Å². The molecule has 0 spiro atoms. The lowest BCUT2D eigenvalue weighted by Gasteiger charge is -2.44. The van der Waals surface area contributed by atoms with Gasteiger partial charge in [0.05, 0.1) is 12.7 Å². The number of ether oxygens (including phenoxy) is 3. The highest BCUT2D eigenvalue weighted by Crippen LogP contribution is 2.27. The Hall–Kier alpha value is -0.400. The topological polar surface area (TPSA) is 169 Å². The molecule has 0 radical (unpaired) electrons. The van der Waals surface area contributed by atoms with Crippen LogP contribution in [0.1, 0.15) is 6.92 Å². The summed E-state index contributed by atoms with van der Waals surface area (Å²) in [6.07, 6.45) is -14.3. The molecule has 7 N–H and O–H groups in total. The van der Waals surface area contributed by atoms with Crippen molar-refractivity contribution in [3.8, 4) is 0 Å². The van der Waals surface area contributed by atoms with Gasteiger partial charge in [-0.25, -0.2) is 0 Å². The summed E-state index contributed by atoms with van der Waals surface area (Å²) in [5.74, 6) is 0. The first-order valence-electron chi connectivity index (χ1n) is 6.93. The van der Waals surface area contributed by atoms with Crippen molar-refractivity contribution in [1.82, 2.24) is 0 Å². The molecule has 0 bridgehead atoms. The fourth-order valence-corrected chi connectivity index (χ4v) is 2.44. The van der Waals surface area contributed by atoms with Crippen LogP contribution < -0.4 is 0 Å². The first-order chi connectivity index (χ1) is 10.3. The van der Waals surface area contributed by atoms with E-state index in [0.717, 1.165) is 0 Å². The highest BCUT2D eigenvalue weighted by atomic mass is 16.8. The van der Waals surface area contributed by atoms with E-state index in [1.54, 1.807) is 0 Å². The molecule has 0 aliphatic carbocycles. The molecule has 2 rings (SSSR count). The maximum absolute atomic E-state index is 9.83. The third kappa shape index (κ3) is 3.26. The van der Waals surface area contributed by atoms with Crippen LogP contribution in [0.5, 0.6) is 0 Å². The SMILES string of the molecule is C[C@H]1OC(O[C@@H]2O[C@H](CO)[C@H](O)[C@H](O)[C@H]2O)[C@@H](O)[C@@H](O)[C@@H]1O. The fourth-order valence-electron chi connectivity index (χ4n) is 2.44. The van der Waals surface area contributed by atoms with Crippen LogP contribution in [0, 0.1) is 0 Å². The predicted molar refractivity (Wildman–Crippen MR) is 67.2 cm³/mol. The van der Waals surface area contributed by atoms with Crippen LogP contribution in [0.2, 0.25) is 0 Å². The molecule has 22 heavy (non-hydrogen) atoms. The summed E-state index contributed by atoms with van der Waals surface area (Å²) in [6, 6.07) is 0. The Labute approximate surface area is 126 Å². The van der Waals surface area contributed by atoms with Gasteiger partial charge in [0.25, 0.3) is 0 Å². The molecule has 2 aliphatic rings. The Morgan fingerprint density at radius 2 is 1.23 bits per heavy atom. The van der Waals surface area contributed by atoms with E-state index < -0.39 is 68.0 Å². The molecule has 10 heteroatoms. The van der Waals surface area contributed by atoms with Crippen molar-refractivity contribution in [2.75, 3.05) is 6.61 Å². The van der Waals surface area contributed by atoms with Crippen molar-refractivity contribution < 1.29 is 50.0 Å². The van der Waals surface area contributed by atoms with Crippen LogP contribution in [-0.2, 0) is 14.2 Å². The summed E-state index contributed by atoms with van der Waals surface area (Å²) >= 11 is 0. The molecule has 2 saturated heterocycles. The molecular weight excluding hydrogens is 304 g/mol. The van der Waals surface area contributed by atoms with Gasteiger partial charge in [0.2, 0.25) is 0 Å². The zero-order chi connectivity index (χ0) is 16.6. The van der Waals surface area contributed by atoms with Gasteiger partial charge in [0, 0.05) is 0 Å². The molecule has 0 aromatic heterocycles. The van der Waals surface area contributed by atoms with E-state index in [2.05, 4.69) is 0 Å². The van der Waals surface area contributed by atoms with Crippen LogP contribution in [0.25, 0.3) is 0 Å². The monoisotopic (exact) mass is 326 g/mol. The van der Waals surface area contributed by atoms with Crippen molar-refractivity contribution in [3.05, 3.63) is 0 Å². The highest BCUT2D eigenvalue weighted by molar-refractivity contribution is 4.91. The fraction of sp³-hybridized carbons (Fsp3) is 1.00. The summed E-state index contributed by atoms with van der Waals surface area (Å²) in [5, 5.41) is 67.3. The predicted octanol–water partition coefficient (Wildman–Crippen LogP) is -4.37. The van der Waals surface area contributed by atoms with E-state index in [1.807, 2.05) is 0 Å². The van der Waals surface area contributed by atoms with Crippen LogP contribution in [-0.4, -0.2) is 104 Å². The van der Waals surface area contributed by atoms with Crippen LogP contribution in [0.15, 0.2) is 0 Å². The van der Waals surface area contributed by atoms with Gasteiger partial charge < -0.3 is 50.0 Å². The van der Waals surface area contributed by atoms with Gasteiger partial charge in [-0.2, -0.15) is 0 Å². The van der Waals surface area contributed by atoms with Crippen LogP contribution >= 0.6 is 0 Å². The number of aliphatic hydroxyl groups is 7. The van der Waals surface area contributed by atoms with Gasteiger partial charge in [-0.05, 0) is 6.92 Å². The second kappa shape index (κ2) is 7.01. The summed E-state index contributed by atoms with van der Waals surface area (Å²) in [4.78, 5) is 0. The highest BCUT2D eigenvalue weighted by Gasteiger charge is 2.48. The van der Waals surface area contributed by atoms with E-state index in [4.69, 9.17) is 19.3 Å². The zero-order valence-corrected chi connectivity index (χ0v) is 11.8. The largest absolute Gasteiger partial charge is 0.394 e. The van der Waals surface area contributed by atoms with Crippen LogP contribution in [0.4, 0.5) is 0 Å². The standard InChI is InChI=1S/C12H22O10/c1-3-5(14)7(16)9(18)11(20-3)22-12-10(19)8(17)6(15)4(2-13)21-12/h3-19H,2H2,1H3/t3-,4-,5-,6+,7+,8+,9+,10-,11?,12+/m1/s1. The molecule has 2 fully saturated rings. The van der Waals surface area contributed by atoms with E-state index in [0.29, 0.717) is 0 Å². The number of hydrogen-bond donors (Lipinski definition) is 7. The maximum atomic E-state index is 9.83. The van der Waals surface area contributed by atoms with Gasteiger partial charge in [0.15, 0.2) is 12.6 Å². The minimum atomic E-state index is -1.66. The van der Waals surface area contributed by atoms with E-state index in [-0.39, 0.29) is 0 Å². The number of rotatable bonds is 3. The van der Waals surface area contributed by atoms with Gasteiger partial charge in [-0.3, -0.25) is 0 Å². The maximum Gasteiger partial charge on any atom is 0.189 e. The molecule has 0 saturated carbocycles. The average Bonchev–Trinajstić information content (AvgIpc) is 2.50. The Balaban J connectivity index is 2.05. The molecule has 0 aromatic rings. The second-order valence-corrected chi connectivity index (χ2v) is 5.51. The zero-order valence-electron chi connectivity index (χ0n) is 11.8. The number of aliphatic hydroxyl groups excluding tert-OH is 7. The minimum Gasteiger partial charge on any atom is -0.394 e. The number of hydrogen-bond acceptors (Lipinski definition) is 10. The van der Waals surface area contributed by atoms with Gasteiger partial charge in [-0.1, -0.05) is 0 Å². The molecule has 10 nitrogen and oxygen atoms in total. The third-order valence-electron chi connectivity index (χ3n) is 3.93. The summed E-state index contributed by atoms with van der Waals surface area (Å²) in [7, 11) is 0. The first-order valence-corrected chi connectivity index (χ1v) is 6.93. The summed E-state index contributed by atoms with van der Waals surface area (Å²) in [5.41, 5.74) is 0. The lowest BCUT2D eigenvalue weighted by Crippen LogP contribution is -2.63. The molecule has 10 atom stereocenters. The first kappa shape index (κ1) is 17.9. The van der Waals surface area contributed by atoms with E-state index in [1.165, 1.54) is 6.92 Å². The van der Waals surface area contributed by atoms with E-state index in [9.17, 15) is 30.6 Å². The van der Waals surface area contributed by atoms with Gasteiger partial charge in [-0.15, -0.1) is 0 Å². The van der Waals surface area contributed by atoms with Crippen molar-refractivity contribution in [1.29, 1.82) is 0 Å². The molecule has 130 valence electrons. The average molecular weight is 326 g/mol. The molecule has 2 heterocycles. The quantitative estimate of drug-likeness (QED) is 0.269. The normalized spacial score (nSPS) is 53.5. The van der Waals surface area contributed by atoms with Gasteiger partial charge >= 0.3 is 0 Å². The second-order valence-electron chi connectivity index (χ2n) is 5.51. The molecule has 0 aromatic carbocycles. The Kier molecular flexibility index (Phi) is 5.72. The van der Waals surface area contributed by atoms with Crippen molar-refractivity contribution >= 4 is 0 Å². The Morgan fingerprint density at radius 1 is 0.727 bits per heavy atom. The smallest absolute Gasteiger partial charge is 0.189 e. The van der Waals surface area contributed by atoms with Crippen molar-refractivity contribution in [3.63, 3.8) is 0 Å². The molecule has 0 amide bonds. The summed E-state index contributed by atoms with van der Waals surface area (Å²) in [6.45, 7) is 0.819. The Bertz CT molecular complexity index is 366. The lowest BCUT2D eigenvalue weighted by molar-refractivity contribution is -0.373. The molecular formula is C12H22O10. The van der Waals surface area contributed by atoms with Crippen LogP contribution in [0.3, 0.4) is 0 Å². The third-order valence-corrected chi connectivity index (χ3v) is 3.93. The minimum absolute atomic E-state index is 0.628. The molecule has 2 aliphatic heterocycles. The Morgan fingerprint density at radius 3 is 1.77 bits per heavy atom.